The molecule has 0 bridgehead atoms. The van der Waals surface area contributed by atoms with E-state index >= 15 is 0 Å². The normalized spacial score (nSPS) is 14.6. The number of carbonyl (C=O) groups is 2. The van der Waals surface area contributed by atoms with Crippen LogP contribution in [0.25, 0.3) is 0 Å². The van der Waals surface area contributed by atoms with Gasteiger partial charge in [0.25, 0.3) is 5.91 Å². The minimum absolute atomic E-state index is 0.113. The van der Waals surface area contributed by atoms with Crippen LogP contribution < -0.4 is 14.2 Å². The summed E-state index contributed by atoms with van der Waals surface area (Å²) in [6.45, 7) is 2.79. The molecule has 8 heteroatoms. The summed E-state index contributed by atoms with van der Waals surface area (Å²) in [6.07, 6.45) is 0.666. The van der Waals surface area contributed by atoms with Gasteiger partial charge in [0, 0.05) is 17.1 Å². The maximum absolute atomic E-state index is 13.5. The quantitative estimate of drug-likeness (QED) is 0.381. The van der Waals surface area contributed by atoms with E-state index in [2.05, 4.69) is 0 Å². The molecule has 1 amide bonds. The maximum atomic E-state index is 13.5. The van der Waals surface area contributed by atoms with Crippen LogP contribution in [0.5, 0.6) is 17.2 Å². The molecule has 3 aromatic carbocycles. The van der Waals surface area contributed by atoms with Crippen molar-refractivity contribution in [1.29, 1.82) is 0 Å². The number of esters is 1. The molecule has 0 fully saturated rings. The van der Waals surface area contributed by atoms with Crippen LogP contribution in [-0.4, -0.2) is 50.8 Å². The number of amides is 1. The number of hydrogen-bond acceptors (Lipinski definition) is 6. The molecule has 0 aromatic heterocycles. The summed E-state index contributed by atoms with van der Waals surface area (Å²) < 4.78 is 22.2. The number of methoxy groups -OCH3 is 2. The summed E-state index contributed by atoms with van der Waals surface area (Å²) in [5, 5.41) is 0.568. The van der Waals surface area contributed by atoms with Crippen molar-refractivity contribution >= 4 is 23.5 Å². The molecule has 188 valence electrons. The summed E-state index contributed by atoms with van der Waals surface area (Å²) in [6, 6.07) is 17.1. The first-order valence-electron chi connectivity index (χ1n) is 11.7. The molecule has 1 atom stereocenters. The summed E-state index contributed by atoms with van der Waals surface area (Å²) in [7, 11) is 3.18. The van der Waals surface area contributed by atoms with Gasteiger partial charge in [0.1, 0.15) is 12.4 Å². The molecular weight excluding hydrogens is 482 g/mol. The fourth-order valence-electron chi connectivity index (χ4n) is 4.29. The van der Waals surface area contributed by atoms with E-state index in [1.54, 1.807) is 69.7 Å². The van der Waals surface area contributed by atoms with Crippen LogP contribution in [0.2, 0.25) is 5.02 Å². The maximum Gasteiger partial charge on any atom is 0.338 e. The zero-order chi connectivity index (χ0) is 25.7. The van der Waals surface area contributed by atoms with E-state index in [0.29, 0.717) is 53.0 Å². The highest BCUT2D eigenvalue weighted by Gasteiger charge is 2.33. The number of benzene rings is 3. The van der Waals surface area contributed by atoms with Gasteiger partial charge in [-0.15, -0.1) is 0 Å². The minimum atomic E-state index is -0.383. The molecule has 0 saturated heterocycles. The lowest BCUT2D eigenvalue weighted by atomic mass is 9.91. The Balaban J connectivity index is 1.63. The molecule has 4 rings (SSSR count). The number of fused-ring (bicyclic) bond motifs is 1. The average molecular weight is 510 g/mol. The molecule has 0 N–H and O–H groups in total. The lowest BCUT2D eigenvalue weighted by molar-refractivity contribution is 0.0524. The molecule has 0 spiro atoms. The highest BCUT2D eigenvalue weighted by atomic mass is 35.5. The molecule has 1 aliphatic heterocycles. The highest BCUT2D eigenvalue weighted by molar-refractivity contribution is 6.30. The first kappa shape index (κ1) is 25.4. The Morgan fingerprint density at radius 1 is 0.944 bits per heavy atom. The van der Waals surface area contributed by atoms with E-state index in [1.807, 2.05) is 17.0 Å². The van der Waals surface area contributed by atoms with Crippen molar-refractivity contribution < 1.29 is 28.5 Å². The fourth-order valence-corrected chi connectivity index (χ4v) is 4.41. The van der Waals surface area contributed by atoms with E-state index in [0.717, 1.165) is 11.1 Å². The average Bonchev–Trinajstić information content (AvgIpc) is 2.91. The van der Waals surface area contributed by atoms with Gasteiger partial charge in [-0.3, -0.25) is 4.79 Å². The van der Waals surface area contributed by atoms with Crippen molar-refractivity contribution in [3.63, 3.8) is 0 Å². The molecule has 36 heavy (non-hydrogen) atoms. The Hall–Kier alpha value is -3.71. The molecule has 0 aliphatic carbocycles. The lowest BCUT2D eigenvalue weighted by Crippen LogP contribution is -2.42. The smallest absolute Gasteiger partial charge is 0.338 e. The first-order valence-corrected chi connectivity index (χ1v) is 12.0. The Kier molecular flexibility index (Phi) is 8.00. The zero-order valence-electron chi connectivity index (χ0n) is 20.5. The van der Waals surface area contributed by atoms with E-state index in [-0.39, 0.29) is 24.5 Å². The van der Waals surface area contributed by atoms with Gasteiger partial charge in [0.2, 0.25) is 0 Å². The topological polar surface area (TPSA) is 74.3 Å². The van der Waals surface area contributed by atoms with Crippen molar-refractivity contribution in [3.05, 3.63) is 87.9 Å². The number of carbonyl (C=O) groups excluding carboxylic acids is 2. The zero-order valence-corrected chi connectivity index (χ0v) is 21.2. The van der Waals surface area contributed by atoms with Crippen LogP contribution in [0.3, 0.4) is 0 Å². The molecule has 0 radical (unpaired) electrons. The SMILES string of the molecule is CCOC(=O)c1ccc(OC[C@@H]2c3cc(OC)c(OC)cc3CCN2C(=O)c2ccc(Cl)cc2)cc1. The van der Waals surface area contributed by atoms with Gasteiger partial charge in [-0.25, -0.2) is 4.79 Å². The monoisotopic (exact) mass is 509 g/mol. The fraction of sp³-hybridized carbons (Fsp3) is 0.286. The largest absolute Gasteiger partial charge is 0.493 e. The van der Waals surface area contributed by atoms with Crippen LogP contribution in [0.1, 0.15) is 44.8 Å². The van der Waals surface area contributed by atoms with Crippen LogP contribution in [0.4, 0.5) is 0 Å². The highest BCUT2D eigenvalue weighted by Crippen LogP contribution is 2.39. The van der Waals surface area contributed by atoms with Gasteiger partial charge < -0.3 is 23.8 Å². The Bertz CT molecular complexity index is 1230. The van der Waals surface area contributed by atoms with E-state index < -0.39 is 0 Å². The van der Waals surface area contributed by atoms with Crippen molar-refractivity contribution in [1.82, 2.24) is 4.90 Å². The number of nitrogens with zero attached hydrogens (tertiary/aromatic N) is 1. The number of rotatable bonds is 8. The molecule has 3 aromatic rings. The Morgan fingerprint density at radius 3 is 2.22 bits per heavy atom. The van der Waals surface area contributed by atoms with Crippen LogP contribution in [0.15, 0.2) is 60.7 Å². The predicted molar refractivity (Wildman–Crippen MR) is 136 cm³/mol. The lowest BCUT2D eigenvalue weighted by Gasteiger charge is -2.37. The van der Waals surface area contributed by atoms with Crippen molar-refractivity contribution in [3.8, 4) is 17.2 Å². The number of halogens is 1. The van der Waals surface area contributed by atoms with E-state index in [1.165, 1.54) is 0 Å². The van der Waals surface area contributed by atoms with Gasteiger partial charge in [-0.2, -0.15) is 0 Å². The summed E-state index contributed by atoms with van der Waals surface area (Å²) >= 11 is 6.03. The van der Waals surface area contributed by atoms with Crippen molar-refractivity contribution in [2.75, 3.05) is 34.0 Å². The third-order valence-corrected chi connectivity index (χ3v) is 6.38. The third-order valence-electron chi connectivity index (χ3n) is 6.13. The molecule has 0 unspecified atom stereocenters. The molecule has 0 saturated carbocycles. The summed E-state index contributed by atoms with van der Waals surface area (Å²) in [4.78, 5) is 27.3. The second-order valence-electron chi connectivity index (χ2n) is 8.23. The third kappa shape index (κ3) is 5.41. The summed E-state index contributed by atoms with van der Waals surface area (Å²) in [5.74, 6) is 1.31. The Labute approximate surface area is 215 Å². The van der Waals surface area contributed by atoms with E-state index in [9.17, 15) is 9.59 Å². The predicted octanol–water partition coefficient (Wildman–Crippen LogP) is 5.35. The minimum Gasteiger partial charge on any atom is -0.493 e. The first-order chi connectivity index (χ1) is 17.4. The Morgan fingerprint density at radius 2 is 1.58 bits per heavy atom. The number of hydrogen-bond donors (Lipinski definition) is 0. The van der Waals surface area contributed by atoms with Gasteiger partial charge >= 0.3 is 5.97 Å². The van der Waals surface area contributed by atoms with Gasteiger partial charge in [0.15, 0.2) is 11.5 Å². The summed E-state index contributed by atoms with van der Waals surface area (Å²) in [5.41, 5.74) is 3.00. The van der Waals surface area contributed by atoms with Gasteiger partial charge in [0.05, 0.1) is 32.4 Å². The van der Waals surface area contributed by atoms with Crippen molar-refractivity contribution in [2.45, 2.75) is 19.4 Å². The molecule has 1 aliphatic rings. The molecular formula is C28H28ClNO6. The molecule has 1 heterocycles. The second kappa shape index (κ2) is 11.4. The molecule has 7 nitrogen and oxygen atoms in total. The standard InChI is InChI=1S/C28H28ClNO6/c1-4-35-28(32)19-7-11-22(12-8-19)36-17-24-23-16-26(34-3)25(33-2)15-20(23)13-14-30(24)27(31)18-5-9-21(29)10-6-18/h5-12,15-16,24H,4,13-14,17H2,1-3H3/t24-/m1/s1. The second-order valence-corrected chi connectivity index (χ2v) is 8.67. The van der Waals surface area contributed by atoms with Crippen LogP contribution in [0, 0.1) is 0 Å². The van der Waals surface area contributed by atoms with Crippen LogP contribution in [-0.2, 0) is 11.2 Å². The van der Waals surface area contributed by atoms with Gasteiger partial charge in [-0.1, -0.05) is 11.6 Å². The van der Waals surface area contributed by atoms with E-state index in [4.69, 9.17) is 30.5 Å². The number of ether oxygens (including phenoxy) is 4. The van der Waals surface area contributed by atoms with Crippen LogP contribution >= 0.6 is 11.6 Å². The van der Waals surface area contributed by atoms with Crippen molar-refractivity contribution in [2.24, 2.45) is 0 Å². The van der Waals surface area contributed by atoms with Gasteiger partial charge in [-0.05, 0) is 85.1 Å².